The predicted molar refractivity (Wildman–Crippen MR) is 164 cm³/mol. The largest absolute Gasteiger partial charge is 0.491 e. The highest BCUT2D eigenvalue weighted by molar-refractivity contribution is 14.1. The van der Waals surface area contributed by atoms with E-state index in [4.69, 9.17) is 27.9 Å². The first-order valence-electron chi connectivity index (χ1n) is 13.1. The Hall–Kier alpha value is -1.99. The lowest BCUT2D eigenvalue weighted by Gasteiger charge is -2.51. The maximum Gasteiger partial charge on any atom is 0.254 e. The molecule has 2 saturated heterocycles. The van der Waals surface area contributed by atoms with Crippen molar-refractivity contribution in [3.05, 3.63) is 69.3 Å². The van der Waals surface area contributed by atoms with Crippen LogP contribution in [0.25, 0.3) is 0 Å². The summed E-state index contributed by atoms with van der Waals surface area (Å²) in [6, 6.07) is 14.1. The maximum atomic E-state index is 14.1. The molecule has 2 aliphatic carbocycles. The molecule has 1 N–H and O–H groups in total. The van der Waals surface area contributed by atoms with E-state index in [-0.39, 0.29) is 43.3 Å². The number of rotatable bonds is 6. The molecule has 4 amide bonds. The molecule has 4 aliphatic rings. The number of nitrogens with zero attached hydrogens (tertiary/aromatic N) is 2. The van der Waals surface area contributed by atoms with Crippen LogP contribution in [-0.2, 0) is 19.2 Å². The van der Waals surface area contributed by atoms with Crippen molar-refractivity contribution in [1.82, 2.24) is 4.90 Å². The van der Waals surface area contributed by atoms with Crippen molar-refractivity contribution in [2.24, 2.45) is 17.8 Å². The summed E-state index contributed by atoms with van der Waals surface area (Å²) in [7, 11) is 0. The van der Waals surface area contributed by atoms with Crippen LogP contribution in [0.4, 0.5) is 5.69 Å². The van der Waals surface area contributed by atoms with Gasteiger partial charge in [-0.1, -0.05) is 45.8 Å². The van der Waals surface area contributed by atoms with Crippen molar-refractivity contribution < 1.29 is 29.0 Å². The molecular weight excluding hydrogens is 750 g/mol. The summed E-state index contributed by atoms with van der Waals surface area (Å²) in [6.07, 6.45) is 2.07. The fourth-order valence-corrected chi connectivity index (χ4v) is 8.73. The van der Waals surface area contributed by atoms with Gasteiger partial charge < -0.3 is 9.84 Å². The molecule has 2 heterocycles. The molecule has 0 aromatic heterocycles. The minimum Gasteiger partial charge on any atom is -0.491 e. The Kier molecular flexibility index (Phi) is 7.54. The number of halogens is 4. The number of para-hydroxylation sites is 1. The minimum atomic E-state index is -1.92. The van der Waals surface area contributed by atoms with Gasteiger partial charge in [-0.15, -0.1) is 23.2 Å². The molecule has 214 valence electrons. The Morgan fingerprint density at radius 3 is 2.39 bits per heavy atom. The summed E-state index contributed by atoms with van der Waals surface area (Å²) in [6.45, 7) is -0.240. The lowest BCUT2D eigenvalue weighted by Crippen LogP contribution is -2.60. The number of hydrogen-bond donors (Lipinski definition) is 1. The number of aliphatic hydroxyl groups excluding tert-OH is 1. The topological polar surface area (TPSA) is 104 Å². The summed E-state index contributed by atoms with van der Waals surface area (Å²) < 4.78 is 6.81. The second kappa shape index (κ2) is 10.6. The predicted octanol–water partition coefficient (Wildman–Crippen LogP) is 4.58. The number of ether oxygens (including phenoxy) is 1. The van der Waals surface area contributed by atoms with Crippen LogP contribution in [0.3, 0.4) is 0 Å². The smallest absolute Gasteiger partial charge is 0.254 e. The van der Waals surface area contributed by atoms with E-state index >= 15 is 0 Å². The molecule has 2 aromatic rings. The number of carbonyl (C=O) groups is 4. The number of imide groups is 2. The maximum absolute atomic E-state index is 14.1. The Balaban J connectivity index is 1.52. The summed E-state index contributed by atoms with van der Waals surface area (Å²) in [5.74, 6) is -4.58. The SMILES string of the molecule is O=C1[C@H]2[C@H](CC=C3[C@H]2C[C@@]2(Cl)C(=O)N(CBr)C(=O)[C@@]2(Cl)[C@H]3c2ccccc2OCCO)C(=O)N1c1ccc(I)cc1. The third kappa shape index (κ3) is 4.07. The van der Waals surface area contributed by atoms with E-state index in [1.807, 2.05) is 18.2 Å². The number of carbonyl (C=O) groups excluding carboxylic acids is 4. The molecule has 8 nitrogen and oxygen atoms in total. The van der Waals surface area contributed by atoms with E-state index < -0.39 is 45.2 Å². The number of likely N-dealkylation sites (tertiary alicyclic amines) is 1. The van der Waals surface area contributed by atoms with Gasteiger partial charge in [-0.2, -0.15) is 0 Å². The molecule has 2 aliphatic heterocycles. The molecule has 0 unspecified atom stereocenters. The number of hydrogen-bond acceptors (Lipinski definition) is 6. The molecule has 6 atom stereocenters. The molecule has 0 radical (unpaired) electrons. The van der Waals surface area contributed by atoms with Crippen molar-refractivity contribution in [3.63, 3.8) is 0 Å². The number of alkyl halides is 3. The number of fused-ring (bicyclic) bond motifs is 4. The molecule has 12 heteroatoms. The monoisotopic (exact) mass is 772 g/mol. The Morgan fingerprint density at radius 1 is 1.00 bits per heavy atom. The molecule has 2 aromatic carbocycles. The average Bonchev–Trinajstić information content (AvgIpc) is 3.30. The third-order valence-electron chi connectivity index (χ3n) is 8.68. The Labute approximate surface area is 268 Å². The number of allylic oxidation sites excluding steroid dienone is 2. The van der Waals surface area contributed by atoms with Gasteiger partial charge in [0.25, 0.3) is 11.8 Å². The van der Waals surface area contributed by atoms with Gasteiger partial charge in [-0.3, -0.25) is 29.0 Å². The first kappa shape index (κ1) is 29.1. The quantitative estimate of drug-likeness (QED) is 0.152. The zero-order chi connectivity index (χ0) is 29.3. The first-order valence-corrected chi connectivity index (χ1v) is 16.0. The first-order chi connectivity index (χ1) is 19.6. The number of amides is 4. The summed E-state index contributed by atoms with van der Waals surface area (Å²) in [4.78, 5) is 53.8. The highest BCUT2D eigenvalue weighted by Gasteiger charge is 2.76. The Bertz CT molecular complexity index is 1500. The van der Waals surface area contributed by atoms with Crippen LogP contribution in [0.1, 0.15) is 24.3 Å². The van der Waals surface area contributed by atoms with Gasteiger partial charge in [0.1, 0.15) is 12.4 Å². The number of anilines is 1. The van der Waals surface area contributed by atoms with Crippen LogP contribution in [-0.4, -0.2) is 62.1 Å². The second-order valence-electron chi connectivity index (χ2n) is 10.6. The molecule has 6 rings (SSSR count). The van der Waals surface area contributed by atoms with E-state index in [1.165, 1.54) is 4.90 Å². The molecule has 41 heavy (non-hydrogen) atoms. The van der Waals surface area contributed by atoms with Gasteiger partial charge in [-0.25, -0.2) is 0 Å². The summed E-state index contributed by atoms with van der Waals surface area (Å²) in [5.41, 5.74) is 1.58. The molecule has 0 spiro atoms. The van der Waals surface area contributed by atoms with Crippen molar-refractivity contribution in [2.45, 2.75) is 28.5 Å². The van der Waals surface area contributed by atoms with Crippen LogP contribution >= 0.6 is 61.7 Å². The van der Waals surface area contributed by atoms with Crippen molar-refractivity contribution >= 4 is 91.0 Å². The van der Waals surface area contributed by atoms with Gasteiger partial charge >= 0.3 is 0 Å². The van der Waals surface area contributed by atoms with Crippen LogP contribution in [0.15, 0.2) is 60.2 Å². The van der Waals surface area contributed by atoms with Gasteiger partial charge in [0, 0.05) is 15.1 Å². The van der Waals surface area contributed by atoms with Crippen LogP contribution in [0, 0.1) is 21.3 Å². The van der Waals surface area contributed by atoms with Gasteiger partial charge in [0.15, 0.2) is 9.75 Å². The van der Waals surface area contributed by atoms with E-state index in [2.05, 4.69) is 38.5 Å². The van der Waals surface area contributed by atoms with E-state index in [0.29, 0.717) is 22.6 Å². The third-order valence-corrected chi connectivity index (χ3v) is 11.3. The van der Waals surface area contributed by atoms with Gasteiger partial charge in [0.05, 0.1) is 29.6 Å². The fourth-order valence-electron chi connectivity index (χ4n) is 6.95. The molecule has 1 saturated carbocycles. The summed E-state index contributed by atoms with van der Waals surface area (Å²) >= 11 is 19.9. The van der Waals surface area contributed by atoms with Gasteiger partial charge in [0.2, 0.25) is 11.8 Å². The van der Waals surface area contributed by atoms with Crippen LogP contribution in [0.2, 0.25) is 0 Å². The standard InChI is InChI=1S/C29H24BrCl2IN2O6/c30-14-34-26(39)28(31)13-20-17(23(29(28,32)27(34)40)18-3-1-2-4-21(18)41-12-11-36)9-10-19-22(20)25(38)35(24(19)37)16-7-5-15(33)6-8-16/h1-9,19-20,22-23,36H,10-14H2/t19-,20+,22-,23+,28+,29-/m0/s1. The van der Waals surface area contributed by atoms with Crippen molar-refractivity contribution in [3.8, 4) is 5.75 Å². The molecule has 0 bridgehead atoms. The summed E-state index contributed by atoms with van der Waals surface area (Å²) in [5, 5.41) is 9.42. The zero-order valence-electron chi connectivity index (χ0n) is 21.4. The fraction of sp³-hybridized carbons (Fsp3) is 0.379. The average molecular weight is 774 g/mol. The molecule has 3 fully saturated rings. The van der Waals surface area contributed by atoms with E-state index in [1.54, 1.807) is 36.4 Å². The highest BCUT2D eigenvalue weighted by atomic mass is 127. The van der Waals surface area contributed by atoms with Crippen LogP contribution in [0.5, 0.6) is 5.75 Å². The van der Waals surface area contributed by atoms with Crippen molar-refractivity contribution in [2.75, 3.05) is 23.6 Å². The number of aliphatic hydroxyl groups is 1. The second-order valence-corrected chi connectivity index (χ2v) is 13.6. The lowest BCUT2D eigenvalue weighted by molar-refractivity contribution is -0.138. The van der Waals surface area contributed by atoms with Crippen LogP contribution < -0.4 is 9.64 Å². The lowest BCUT2D eigenvalue weighted by atomic mass is 9.56. The normalized spacial score (nSPS) is 32.6. The Morgan fingerprint density at radius 2 is 1.71 bits per heavy atom. The number of benzene rings is 2. The minimum absolute atomic E-state index is 0.00340. The van der Waals surface area contributed by atoms with Crippen molar-refractivity contribution in [1.29, 1.82) is 0 Å². The van der Waals surface area contributed by atoms with E-state index in [0.717, 1.165) is 8.47 Å². The zero-order valence-corrected chi connectivity index (χ0v) is 26.7. The van der Waals surface area contributed by atoms with E-state index in [9.17, 15) is 24.3 Å². The molecular formula is C29H24BrCl2IN2O6. The van der Waals surface area contributed by atoms with Gasteiger partial charge in [-0.05, 0) is 71.7 Å². The highest BCUT2D eigenvalue weighted by Crippen LogP contribution is 2.66.